The molecule has 6 heteroatoms. The summed E-state index contributed by atoms with van der Waals surface area (Å²) in [6.45, 7) is 0.728. The van der Waals surface area contributed by atoms with E-state index in [1.165, 1.54) is 0 Å². The zero-order chi connectivity index (χ0) is 15.1. The van der Waals surface area contributed by atoms with E-state index in [0.29, 0.717) is 31.0 Å². The minimum Gasteiger partial charge on any atom is -0.467 e. The lowest BCUT2D eigenvalue weighted by Crippen LogP contribution is -2.29. The molecule has 0 aromatic carbocycles. The lowest BCUT2D eigenvalue weighted by Gasteiger charge is -2.20. The molecule has 2 aromatic rings. The van der Waals surface area contributed by atoms with Gasteiger partial charge < -0.3 is 19.5 Å². The highest BCUT2D eigenvalue weighted by Crippen LogP contribution is 2.13. The second-order valence-corrected chi connectivity index (χ2v) is 4.73. The molecule has 112 valence electrons. The van der Waals surface area contributed by atoms with Gasteiger partial charge >= 0.3 is 0 Å². The van der Waals surface area contributed by atoms with E-state index in [-0.39, 0.29) is 18.7 Å². The molecule has 2 heterocycles. The number of amides is 2. The first-order chi connectivity index (χ1) is 10.1. The summed E-state index contributed by atoms with van der Waals surface area (Å²) in [6.07, 6.45) is 4.06. The Hall–Kier alpha value is -2.50. The van der Waals surface area contributed by atoms with Crippen LogP contribution in [0.2, 0.25) is 0 Å². The van der Waals surface area contributed by atoms with Crippen LogP contribution in [0.4, 0.5) is 0 Å². The fourth-order valence-electron chi connectivity index (χ4n) is 1.99. The molecule has 21 heavy (non-hydrogen) atoms. The van der Waals surface area contributed by atoms with Crippen LogP contribution in [0.5, 0.6) is 0 Å². The number of hydrogen-bond donors (Lipinski definition) is 1. The standard InChI is InChI=1S/C15H18N2O4/c16-14(18)6-1-7-15(19)17(10-12-4-2-8-20-12)11-13-5-3-9-21-13/h2-5,8-9H,1,6-7,10-11H2,(H2,16,18). The predicted molar refractivity (Wildman–Crippen MR) is 74.7 cm³/mol. The number of hydrogen-bond acceptors (Lipinski definition) is 4. The van der Waals surface area contributed by atoms with E-state index >= 15 is 0 Å². The Labute approximate surface area is 122 Å². The van der Waals surface area contributed by atoms with Gasteiger partial charge in [0, 0.05) is 12.8 Å². The van der Waals surface area contributed by atoms with E-state index in [1.807, 2.05) is 12.1 Å². The summed E-state index contributed by atoms with van der Waals surface area (Å²) in [5, 5.41) is 0. The molecule has 2 amide bonds. The third-order valence-electron chi connectivity index (χ3n) is 3.02. The summed E-state index contributed by atoms with van der Waals surface area (Å²) in [7, 11) is 0. The van der Waals surface area contributed by atoms with E-state index in [0.717, 1.165) is 0 Å². The molecule has 0 spiro atoms. The summed E-state index contributed by atoms with van der Waals surface area (Å²) in [5.74, 6) is 0.935. The van der Waals surface area contributed by atoms with Crippen molar-refractivity contribution < 1.29 is 18.4 Å². The molecule has 0 fully saturated rings. The SMILES string of the molecule is NC(=O)CCCC(=O)N(Cc1ccco1)Cc1ccco1. The second kappa shape index (κ2) is 7.33. The highest BCUT2D eigenvalue weighted by molar-refractivity contribution is 5.78. The van der Waals surface area contributed by atoms with E-state index in [2.05, 4.69) is 0 Å². The molecule has 0 unspecified atom stereocenters. The quantitative estimate of drug-likeness (QED) is 0.805. The van der Waals surface area contributed by atoms with Gasteiger partial charge in [-0.3, -0.25) is 9.59 Å². The molecule has 0 aliphatic heterocycles. The largest absolute Gasteiger partial charge is 0.467 e. The predicted octanol–water partition coefficient (Wildman–Crippen LogP) is 2.06. The average Bonchev–Trinajstić information content (AvgIpc) is 3.10. The Kier molecular flexibility index (Phi) is 5.20. The van der Waals surface area contributed by atoms with Gasteiger partial charge in [-0.05, 0) is 30.7 Å². The van der Waals surface area contributed by atoms with Crippen LogP contribution in [0.25, 0.3) is 0 Å². The lowest BCUT2D eigenvalue weighted by molar-refractivity contribution is -0.133. The molecular weight excluding hydrogens is 272 g/mol. The van der Waals surface area contributed by atoms with E-state index < -0.39 is 5.91 Å². The minimum atomic E-state index is -0.397. The van der Waals surface area contributed by atoms with Gasteiger partial charge in [0.15, 0.2) is 0 Å². The van der Waals surface area contributed by atoms with Crippen LogP contribution < -0.4 is 5.73 Å². The van der Waals surface area contributed by atoms with Crippen LogP contribution in [0.3, 0.4) is 0 Å². The topological polar surface area (TPSA) is 89.7 Å². The van der Waals surface area contributed by atoms with Crippen molar-refractivity contribution in [3.05, 3.63) is 48.3 Å². The number of carbonyl (C=O) groups excluding carboxylic acids is 2. The molecule has 0 atom stereocenters. The number of nitrogens with zero attached hydrogens (tertiary/aromatic N) is 1. The first kappa shape index (κ1) is 14.9. The molecule has 6 nitrogen and oxygen atoms in total. The molecular formula is C15H18N2O4. The summed E-state index contributed by atoms with van der Waals surface area (Å²) in [5.41, 5.74) is 5.08. The van der Waals surface area contributed by atoms with Crippen LogP contribution in [0, 0.1) is 0 Å². The van der Waals surface area contributed by atoms with Gasteiger partial charge in [-0.2, -0.15) is 0 Å². The van der Waals surface area contributed by atoms with Crippen molar-refractivity contribution in [3.8, 4) is 0 Å². The number of carbonyl (C=O) groups is 2. The van der Waals surface area contributed by atoms with Crippen LogP contribution in [0.15, 0.2) is 45.6 Å². The zero-order valence-corrected chi connectivity index (χ0v) is 11.7. The summed E-state index contributed by atoms with van der Waals surface area (Å²) in [6, 6.07) is 7.17. The van der Waals surface area contributed by atoms with Gasteiger partial charge in [0.1, 0.15) is 11.5 Å². The molecule has 2 rings (SSSR count). The van der Waals surface area contributed by atoms with Gasteiger partial charge in [0.05, 0.1) is 25.6 Å². The highest BCUT2D eigenvalue weighted by atomic mass is 16.3. The molecule has 2 N–H and O–H groups in total. The van der Waals surface area contributed by atoms with Crippen molar-refractivity contribution in [1.82, 2.24) is 4.90 Å². The third kappa shape index (κ3) is 4.83. The summed E-state index contributed by atoms with van der Waals surface area (Å²) >= 11 is 0. The number of furan rings is 2. The molecule has 0 aliphatic rings. The van der Waals surface area contributed by atoms with E-state index in [1.54, 1.807) is 29.6 Å². The van der Waals surface area contributed by atoms with Gasteiger partial charge in [0.2, 0.25) is 11.8 Å². The first-order valence-corrected chi connectivity index (χ1v) is 6.76. The Balaban J connectivity index is 1.96. The van der Waals surface area contributed by atoms with Gasteiger partial charge in [-0.25, -0.2) is 0 Å². The third-order valence-corrected chi connectivity index (χ3v) is 3.02. The van der Waals surface area contributed by atoms with Crippen molar-refractivity contribution in [2.24, 2.45) is 5.73 Å². The first-order valence-electron chi connectivity index (χ1n) is 6.76. The van der Waals surface area contributed by atoms with Crippen LogP contribution in [0.1, 0.15) is 30.8 Å². The Bertz CT molecular complexity index is 524. The smallest absolute Gasteiger partial charge is 0.223 e. The zero-order valence-electron chi connectivity index (χ0n) is 11.7. The maximum absolute atomic E-state index is 12.3. The second-order valence-electron chi connectivity index (χ2n) is 4.73. The normalized spacial score (nSPS) is 10.5. The molecule has 0 saturated heterocycles. The highest BCUT2D eigenvalue weighted by Gasteiger charge is 2.17. The fraction of sp³-hybridized carbons (Fsp3) is 0.333. The van der Waals surface area contributed by atoms with Crippen molar-refractivity contribution in [2.45, 2.75) is 32.4 Å². The molecule has 0 saturated carbocycles. The van der Waals surface area contributed by atoms with Crippen molar-refractivity contribution >= 4 is 11.8 Å². The van der Waals surface area contributed by atoms with Crippen molar-refractivity contribution in [1.29, 1.82) is 0 Å². The summed E-state index contributed by atoms with van der Waals surface area (Å²) < 4.78 is 10.6. The van der Waals surface area contributed by atoms with Gasteiger partial charge in [-0.1, -0.05) is 0 Å². The molecule has 0 radical (unpaired) electrons. The van der Waals surface area contributed by atoms with Crippen LogP contribution >= 0.6 is 0 Å². The Morgan fingerprint density at radius 1 is 1.00 bits per heavy atom. The fourth-order valence-corrected chi connectivity index (χ4v) is 1.99. The molecule has 0 bridgehead atoms. The average molecular weight is 290 g/mol. The van der Waals surface area contributed by atoms with Crippen LogP contribution in [-0.2, 0) is 22.7 Å². The Morgan fingerprint density at radius 3 is 2.00 bits per heavy atom. The molecule has 2 aromatic heterocycles. The van der Waals surface area contributed by atoms with Crippen molar-refractivity contribution in [2.75, 3.05) is 0 Å². The van der Waals surface area contributed by atoms with E-state index in [4.69, 9.17) is 14.6 Å². The Morgan fingerprint density at radius 2 is 1.57 bits per heavy atom. The van der Waals surface area contributed by atoms with Gasteiger partial charge in [0.25, 0.3) is 0 Å². The number of rotatable bonds is 8. The lowest BCUT2D eigenvalue weighted by atomic mass is 10.2. The minimum absolute atomic E-state index is 0.0657. The maximum atomic E-state index is 12.3. The maximum Gasteiger partial charge on any atom is 0.223 e. The van der Waals surface area contributed by atoms with Gasteiger partial charge in [-0.15, -0.1) is 0 Å². The monoisotopic (exact) mass is 290 g/mol. The van der Waals surface area contributed by atoms with Crippen molar-refractivity contribution in [3.63, 3.8) is 0 Å². The molecule has 0 aliphatic carbocycles. The van der Waals surface area contributed by atoms with Crippen LogP contribution in [-0.4, -0.2) is 16.7 Å². The summed E-state index contributed by atoms with van der Waals surface area (Å²) in [4.78, 5) is 24.6. The van der Waals surface area contributed by atoms with E-state index in [9.17, 15) is 9.59 Å². The number of nitrogens with two attached hydrogens (primary N) is 1. The number of primary amides is 1.